The van der Waals surface area contributed by atoms with E-state index in [0.717, 1.165) is 12.8 Å². The van der Waals surface area contributed by atoms with Crippen molar-refractivity contribution in [3.63, 3.8) is 0 Å². The zero-order chi connectivity index (χ0) is 5.98. The maximum Gasteiger partial charge on any atom is 0.246 e. The molecule has 1 amide bonds. The van der Waals surface area contributed by atoms with E-state index in [1.165, 1.54) is 7.11 Å². The summed E-state index contributed by atoms with van der Waals surface area (Å²) in [7, 11) is 1.44. The predicted molar refractivity (Wildman–Crippen MR) is 27.9 cm³/mol. The van der Waals surface area contributed by atoms with Gasteiger partial charge in [-0.2, -0.15) is 0 Å². The first-order valence-electron chi connectivity index (χ1n) is 2.67. The molecule has 0 unspecified atom stereocenters. The van der Waals surface area contributed by atoms with Crippen molar-refractivity contribution < 1.29 is 9.63 Å². The molecule has 3 nitrogen and oxygen atoms in total. The fraction of sp³-hybridized carbons (Fsp3) is 0.800. The summed E-state index contributed by atoms with van der Waals surface area (Å²) in [5.74, 6) is 0.266. The second kappa shape index (κ2) is 2.13. The molecular formula is C5H9NO2. The zero-order valence-electron chi connectivity index (χ0n) is 4.81. The summed E-state index contributed by atoms with van der Waals surface area (Å²) in [5, 5.41) is 0. The Hall–Kier alpha value is -0.570. The highest BCUT2D eigenvalue weighted by atomic mass is 16.6. The fourth-order valence-corrected chi connectivity index (χ4v) is 0.529. The van der Waals surface area contributed by atoms with Gasteiger partial charge in [-0.25, -0.2) is 5.48 Å². The van der Waals surface area contributed by atoms with Crippen LogP contribution in [0.1, 0.15) is 12.8 Å². The molecule has 1 rings (SSSR count). The van der Waals surface area contributed by atoms with Gasteiger partial charge in [0.2, 0.25) is 5.91 Å². The Morgan fingerprint density at radius 3 is 2.75 bits per heavy atom. The highest BCUT2D eigenvalue weighted by molar-refractivity contribution is 5.79. The normalized spacial score (nSPS) is 18.1. The molecule has 0 saturated heterocycles. The van der Waals surface area contributed by atoms with Crippen molar-refractivity contribution in [1.29, 1.82) is 0 Å². The van der Waals surface area contributed by atoms with Gasteiger partial charge in [0, 0.05) is 5.92 Å². The first-order chi connectivity index (χ1) is 3.84. The smallest absolute Gasteiger partial charge is 0.246 e. The summed E-state index contributed by atoms with van der Waals surface area (Å²) in [5.41, 5.74) is 2.27. The minimum absolute atomic E-state index is 0.0208. The third-order valence-electron chi connectivity index (χ3n) is 1.15. The van der Waals surface area contributed by atoms with E-state index in [-0.39, 0.29) is 11.8 Å². The molecule has 3 heteroatoms. The Morgan fingerprint density at radius 1 is 1.75 bits per heavy atom. The number of amides is 1. The number of hydroxylamine groups is 1. The lowest BCUT2D eigenvalue weighted by Crippen LogP contribution is -2.22. The zero-order valence-corrected chi connectivity index (χ0v) is 4.81. The molecule has 0 aromatic rings. The number of rotatable bonds is 2. The summed E-state index contributed by atoms with van der Waals surface area (Å²) < 4.78 is 0. The van der Waals surface area contributed by atoms with Crippen LogP contribution in [-0.4, -0.2) is 13.0 Å². The largest absolute Gasteiger partial charge is 0.277 e. The topological polar surface area (TPSA) is 38.3 Å². The SMILES string of the molecule is CONC(=O)C1CC1. The van der Waals surface area contributed by atoms with Crippen molar-refractivity contribution in [1.82, 2.24) is 5.48 Å². The number of carbonyl (C=O) groups is 1. The van der Waals surface area contributed by atoms with Crippen molar-refractivity contribution in [2.24, 2.45) is 5.92 Å². The van der Waals surface area contributed by atoms with Crippen molar-refractivity contribution in [2.75, 3.05) is 7.11 Å². The van der Waals surface area contributed by atoms with Crippen LogP contribution in [-0.2, 0) is 9.63 Å². The van der Waals surface area contributed by atoms with Gasteiger partial charge in [0.1, 0.15) is 0 Å². The van der Waals surface area contributed by atoms with Gasteiger partial charge in [-0.15, -0.1) is 0 Å². The van der Waals surface area contributed by atoms with Crippen molar-refractivity contribution >= 4 is 5.91 Å². The first kappa shape index (κ1) is 5.56. The lowest BCUT2D eigenvalue weighted by molar-refractivity contribution is -0.132. The van der Waals surface area contributed by atoms with Gasteiger partial charge < -0.3 is 0 Å². The molecule has 1 aliphatic rings. The molecule has 1 fully saturated rings. The Kier molecular flexibility index (Phi) is 1.48. The number of hydrogen-bond acceptors (Lipinski definition) is 2. The quantitative estimate of drug-likeness (QED) is 0.517. The van der Waals surface area contributed by atoms with Crippen LogP contribution in [0, 0.1) is 5.92 Å². The second-order valence-corrected chi connectivity index (χ2v) is 1.94. The average molecular weight is 115 g/mol. The minimum atomic E-state index is 0.0208. The summed E-state index contributed by atoms with van der Waals surface area (Å²) in [6.07, 6.45) is 2.05. The standard InChI is InChI=1S/C5H9NO2/c1-8-6-5(7)4-2-3-4/h4H,2-3H2,1H3,(H,6,7). The van der Waals surface area contributed by atoms with Gasteiger partial charge in [-0.05, 0) is 12.8 Å². The lowest BCUT2D eigenvalue weighted by Gasteiger charge is -1.95. The van der Waals surface area contributed by atoms with Gasteiger partial charge in [-0.3, -0.25) is 9.63 Å². The molecule has 8 heavy (non-hydrogen) atoms. The Bertz CT molecular complexity index is 98.6. The highest BCUT2D eigenvalue weighted by Crippen LogP contribution is 2.28. The summed E-state index contributed by atoms with van der Waals surface area (Å²) in [4.78, 5) is 15.0. The van der Waals surface area contributed by atoms with Crippen LogP contribution in [0.3, 0.4) is 0 Å². The van der Waals surface area contributed by atoms with Gasteiger partial charge in [0.15, 0.2) is 0 Å². The molecule has 46 valence electrons. The van der Waals surface area contributed by atoms with E-state index in [0.29, 0.717) is 0 Å². The monoisotopic (exact) mass is 115 g/mol. The van der Waals surface area contributed by atoms with Crippen LogP contribution in [0.5, 0.6) is 0 Å². The molecular weight excluding hydrogens is 106 g/mol. The van der Waals surface area contributed by atoms with E-state index in [1.807, 2.05) is 0 Å². The average Bonchev–Trinajstić information content (AvgIpc) is 2.45. The highest BCUT2D eigenvalue weighted by Gasteiger charge is 2.29. The van der Waals surface area contributed by atoms with Gasteiger partial charge >= 0.3 is 0 Å². The molecule has 0 aliphatic heterocycles. The lowest BCUT2D eigenvalue weighted by atomic mass is 10.4. The van der Waals surface area contributed by atoms with E-state index in [9.17, 15) is 4.79 Å². The van der Waals surface area contributed by atoms with E-state index in [4.69, 9.17) is 0 Å². The minimum Gasteiger partial charge on any atom is -0.277 e. The molecule has 1 saturated carbocycles. The van der Waals surface area contributed by atoms with E-state index < -0.39 is 0 Å². The van der Waals surface area contributed by atoms with Crippen molar-refractivity contribution in [3.05, 3.63) is 0 Å². The predicted octanol–water partition coefficient (Wildman–Crippen LogP) is 0.0740. The molecule has 0 aromatic heterocycles. The molecule has 0 spiro atoms. The van der Waals surface area contributed by atoms with Gasteiger partial charge in [0.05, 0.1) is 7.11 Å². The van der Waals surface area contributed by atoms with Crippen LogP contribution < -0.4 is 5.48 Å². The Balaban J connectivity index is 2.13. The first-order valence-corrected chi connectivity index (χ1v) is 2.67. The van der Waals surface area contributed by atoms with Gasteiger partial charge in [0.25, 0.3) is 0 Å². The third kappa shape index (κ3) is 1.20. The van der Waals surface area contributed by atoms with Crippen molar-refractivity contribution in [2.45, 2.75) is 12.8 Å². The molecule has 0 heterocycles. The molecule has 1 aliphatic carbocycles. The van der Waals surface area contributed by atoms with E-state index in [1.54, 1.807) is 0 Å². The Labute approximate surface area is 48.0 Å². The Morgan fingerprint density at radius 2 is 2.38 bits per heavy atom. The fourth-order valence-electron chi connectivity index (χ4n) is 0.529. The number of hydrogen-bond donors (Lipinski definition) is 1. The van der Waals surface area contributed by atoms with Crippen LogP contribution in [0.25, 0.3) is 0 Å². The number of nitrogens with one attached hydrogen (secondary N) is 1. The van der Waals surface area contributed by atoms with Crippen LogP contribution in [0.4, 0.5) is 0 Å². The van der Waals surface area contributed by atoms with Crippen LogP contribution in [0.15, 0.2) is 0 Å². The summed E-state index contributed by atoms with van der Waals surface area (Å²) >= 11 is 0. The van der Waals surface area contributed by atoms with Crippen LogP contribution in [0.2, 0.25) is 0 Å². The maximum atomic E-state index is 10.6. The maximum absolute atomic E-state index is 10.6. The molecule has 0 atom stereocenters. The van der Waals surface area contributed by atoms with E-state index >= 15 is 0 Å². The molecule has 1 N–H and O–H groups in total. The van der Waals surface area contributed by atoms with E-state index in [2.05, 4.69) is 10.3 Å². The second-order valence-electron chi connectivity index (χ2n) is 1.94. The summed E-state index contributed by atoms with van der Waals surface area (Å²) in [6, 6.07) is 0. The molecule has 0 bridgehead atoms. The molecule has 0 radical (unpaired) electrons. The van der Waals surface area contributed by atoms with Gasteiger partial charge in [-0.1, -0.05) is 0 Å². The summed E-state index contributed by atoms with van der Waals surface area (Å²) in [6.45, 7) is 0. The molecule has 0 aromatic carbocycles. The third-order valence-corrected chi connectivity index (χ3v) is 1.15. The van der Waals surface area contributed by atoms with Crippen LogP contribution >= 0.6 is 0 Å². The number of carbonyl (C=O) groups excluding carboxylic acids is 1. The van der Waals surface area contributed by atoms with Crippen molar-refractivity contribution in [3.8, 4) is 0 Å².